The molecule has 1 fully saturated rings. The molecular weight excluding hydrogens is 723 g/mol. The minimum absolute atomic E-state index is 0.0341. The summed E-state index contributed by atoms with van der Waals surface area (Å²) in [7, 11) is 7.34. The highest BCUT2D eigenvalue weighted by Crippen LogP contribution is 2.37. The number of aryl methyl sites for hydroxylation is 2. The first-order valence-electron chi connectivity index (χ1n) is 19.1. The van der Waals surface area contributed by atoms with Gasteiger partial charge in [-0.3, -0.25) is 14.5 Å². The molecule has 0 amide bonds. The van der Waals surface area contributed by atoms with Gasteiger partial charge in [0.05, 0.1) is 25.4 Å². The minimum atomic E-state index is -0.141. The summed E-state index contributed by atoms with van der Waals surface area (Å²) in [6.07, 6.45) is 9.27. The van der Waals surface area contributed by atoms with Gasteiger partial charge in [0, 0.05) is 75.1 Å². The number of hydrogen-bond donors (Lipinski definition) is 0. The van der Waals surface area contributed by atoms with E-state index in [9.17, 15) is 9.59 Å². The summed E-state index contributed by atoms with van der Waals surface area (Å²) in [5, 5.41) is 11.2. The Bertz CT molecular complexity index is 1930. The standard InChI is InChI=1S/C22H31N3O3.C13H20.C9H8N2OS.CH2O/c1-15-16(2)22(26)24(4)13-18(15)17-11-20(27-5)19(21(12-17)28-6)14-25-9-7-23(3)8-10-25;1-4-7-12(5-2)13-9-6-8-11(3)10-13;1-2-8(12)7(6-10)5-9-11-3-4-13-9;1-2/h11-13H,7-10,14H2,1-6H3;6,8-10,12H,4-5,7H2,1-3H3;3-5H,2H2,1H3;1H2/b;;7-5+;. The van der Waals surface area contributed by atoms with Gasteiger partial charge in [0.15, 0.2) is 5.78 Å². The fourth-order valence-corrected chi connectivity index (χ4v) is 7.03. The summed E-state index contributed by atoms with van der Waals surface area (Å²) in [5.41, 5.74) is 7.94. The summed E-state index contributed by atoms with van der Waals surface area (Å²) >= 11 is 1.40. The van der Waals surface area contributed by atoms with Gasteiger partial charge in [-0.1, -0.05) is 57.0 Å². The monoisotopic (exact) mass is 783 g/mol. The average molecular weight is 784 g/mol. The zero-order valence-electron chi connectivity index (χ0n) is 35.1. The molecule has 5 rings (SSSR count). The number of carbonyl (C=O) groups excluding carboxylic acids is 2. The number of methoxy groups -OCH3 is 2. The number of ether oxygens (including phenoxy) is 2. The van der Waals surface area contributed by atoms with Crippen LogP contribution in [0, 0.1) is 32.1 Å². The molecule has 1 saturated heterocycles. The van der Waals surface area contributed by atoms with Gasteiger partial charge in [-0.2, -0.15) is 5.26 Å². The van der Waals surface area contributed by atoms with Crippen LogP contribution in [-0.4, -0.2) is 79.4 Å². The van der Waals surface area contributed by atoms with Gasteiger partial charge >= 0.3 is 0 Å². The Morgan fingerprint density at radius 1 is 1.00 bits per heavy atom. The molecule has 302 valence electrons. The number of thiazole rings is 1. The van der Waals surface area contributed by atoms with E-state index in [4.69, 9.17) is 19.5 Å². The molecule has 1 unspecified atom stereocenters. The van der Waals surface area contributed by atoms with Crippen molar-refractivity contribution in [1.29, 1.82) is 5.26 Å². The van der Waals surface area contributed by atoms with Crippen molar-refractivity contribution in [2.75, 3.05) is 47.4 Å². The molecule has 1 atom stereocenters. The van der Waals surface area contributed by atoms with Crippen molar-refractivity contribution in [2.45, 2.75) is 79.7 Å². The number of nitrogens with zero attached hydrogens (tertiary/aromatic N) is 5. The minimum Gasteiger partial charge on any atom is -0.496 e. The quantitative estimate of drug-likeness (QED) is 0.103. The predicted octanol–water partition coefficient (Wildman–Crippen LogP) is 8.57. The Hall–Kier alpha value is -4.89. The molecule has 2 aromatic heterocycles. The van der Waals surface area contributed by atoms with Crippen molar-refractivity contribution in [3.8, 4) is 28.7 Å². The lowest BCUT2D eigenvalue weighted by molar-refractivity contribution is -0.114. The van der Waals surface area contributed by atoms with Gasteiger partial charge in [-0.05, 0) is 81.5 Å². The van der Waals surface area contributed by atoms with Crippen LogP contribution in [0.15, 0.2) is 64.5 Å². The summed E-state index contributed by atoms with van der Waals surface area (Å²) in [6, 6.07) is 14.9. The Morgan fingerprint density at radius 3 is 2.14 bits per heavy atom. The van der Waals surface area contributed by atoms with E-state index < -0.39 is 0 Å². The van der Waals surface area contributed by atoms with E-state index >= 15 is 0 Å². The normalized spacial score (nSPS) is 13.4. The van der Waals surface area contributed by atoms with Gasteiger partial charge in [0.2, 0.25) is 0 Å². The fourth-order valence-electron chi connectivity index (χ4n) is 6.47. The molecule has 2 aromatic carbocycles. The molecule has 0 bridgehead atoms. The van der Waals surface area contributed by atoms with Crippen molar-refractivity contribution in [2.24, 2.45) is 7.05 Å². The second-order valence-corrected chi connectivity index (χ2v) is 14.7. The summed E-state index contributed by atoms with van der Waals surface area (Å²) < 4.78 is 13.1. The number of hydrogen-bond acceptors (Lipinski definition) is 10. The highest BCUT2D eigenvalue weighted by atomic mass is 32.1. The Kier molecular flexibility index (Phi) is 20.8. The lowest BCUT2D eigenvalue weighted by atomic mass is 9.91. The van der Waals surface area contributed by atoms with Gasteiger partial charge < -0.3 is 23.7 Å². The molecule has 11 heteroatoms. The highest BCUT2D eigenvalue weighted by molar-refractivity contribution is 7.10. The van der Waals surface area contributed by atoms with Crippen LogP contribution in [-0.2, 0) is 23.2 Å². The maximum Gasteiger partial charge on any atom is 0.253 e. The first kappa shape index (κ1) is 47.3. The number of rotatable bonds is 12. The summed E-state index contributed by atoms with van der Waals surface area (Å²) in [4.78, 5) is 40.1. The van der Waals surface area contributed by atoms with Gasteiger partial charge in [-0.25, -0.2) is 4.98 Å². The Labute approximate surface area is 338 Å². The largest absolute Gasteiger partial charge is 0.496 e. The molecule has 10 nitrogen and oxygen atoms in total. The van der Waals surface area contributed by atoms with E-state index in [1.807, 2.05) is 32.9 Å². The van der Waals surface area contributed by atoms with E-state index in [0.29, 0.717) is 11.4 Å². The van der Waals surface area contributed by atoms with Crippen LogP contribution in [0.4, 0.5) is 0 Å². The van der Waals surface area contributed by atoms with E-state index in [0.717, 1.165) is 78.0 Å². The van der Waals surface area contributed by atoms with Gasteiger partial charge in [0.25, 0.3) is 5.56 Å². The summed E-state index contributed by atoms with van der Waals surface area (Å²) in [6.45, 7) is 19.3. The van der Waals surface area contributed by atoms with E-state index in [-0.39, 0.29) is 16.9 Å². The van der Waals surface area contributed by atoms with E-state index in [1.165, 1.54) is 47.8 Å². The topological polar surface area (TPSA) is 118 Å². The molecule has 4 aromatic rings. The second-order valence-electron chi connectivity index (χ2n) is 13.8. The molecule has 1 aliphatic heterocycles. The van der Waals surface area contributed by atoms with E-state index in [2.05, 4.69) is 79.0 Å². The lowest BCUT2D eigenvalue weighted by Gasteiger charge is -2.33. The zero-order valence-corrected chi connectivity index (χ0v) is 35.9. The highest BCUT2D eigenvalue weighted by Gasteiger charge is 2.21. The SMILES string of the molecule is C=O.CCC(=O)/C(C#N)=C/c1nccs1.CCCC(CC)c1cccc(C)c1.COc1cc(-c2cn(C)c(=O)c(C)c2C)cc(OC)c1CN1CCN(C)CC1. The number of nitriles is 1. The number of pyridine rings is 1. The van der Waals surface area contributed by atoms with Crippen LogP contribution < -0.4 is 15.0 Å². The Balaban J connectivity index is 0.000000322. The average Bonchev–Trinajstić information content (AvgIpc) is 3.74. The Morgan fingerprint density at radius 2 is 1.64 bits per heavy atom. The first-order chi connectivity index (χ1) is 26.9. The molecule has 1 aliphatic rings. The number of carbonyl (C=O) groups is 2. The number of Topliss-reactive ketones (excluding diaryl/α,β-unsaturated/α-hetero) is 1. The molecule has 0 aliphatic carbocycles. The van der Waals surface area contributed by atoms with Crippen molar-refractivity contribution in [1.82, 2.24) is 19.4 Å². The smallest absolute Gasteiger partial charge is 0.253 e. The molecular formula is C45H61N5O5S. The predicted molar refractivity (Wildman–Crippen MR) is 230 cm³/mol. The van der Waals surface area contributed by atoms with Crippen LogP contribution in [0.3, 0.4) is 0 Å². The van der Waals surface area contributed by atoms with Crippen molar-refractivity contribution in [3.05, 3.63) is 103 Å². The van der Waals surface area contributed by atoms with E-state index in [1.54, 1.807) is 44.3 Å². The molecule has 0 N–H and O–H groups in total. The fraction of sp³-hybridized carbons (Fsp3) is 0.444. The van der Waals surface area contributed by atoms with Gasteiger partial charge in [0.1, 0.15) is 29.4 Å². The van der Waals surface area contributed by atoms with Crippen molar-refractivity contribution < 1.29 is 19.1 Å². The molecule has 0 radical (unpaired) electrons. The first-order valence-corrected chi connectivity index (χ1v) is 20.0. The third-order valence-electron chi connectivity index (χ3n) is 9.93. The van der Waals surface area contributed by atoms with Gasteiger partial charge in [-0.15, -0.1) is 11.3 Å². The number of piperazine rings is 1. The third-order valence-corrected chi connectivity index (χ3v) is 10.7. The second kappa shape index (κ2) is 24.6. The summed E-state index contributed by atoms with van der Waals surface area (Å²) in [5.74, 6) is 2.26. The van der Waals surface area contributed by atoms with Crippen molar-refractivity contribution >= 4 is 30.0 Å². The van der Waals surface area contributed by atoms with Crippen LogP contribution in [0.1, 0.15) is 85.2 Å². The lowest BCUT2D eigenvalue weighted by Crippen LogP contribution is -2.43. The maximum absolute atomic E-state index is 12.2. The third kappa shape index (κ3) is 13.7. The molecule has 0 spiro atoms. The van der Waals surface area contributed by atoms with Crippen molar-refractivity contribution in [3.63, 3.8) is 0 Å². The van der Waals surface area contributed by atoms with Crippen LogP contribution in [0.2, 0.25) is 0 Å². The number of benzene rings is 2. The van der Waals surface area contributed by atoms with Crippen LogP contribution in [0.25, 0.3) is 17.2 Å². The number of likely N-dealkylation sites (N-methyl/N-ethyl adjacent to an activating group) is 1. The van der Waals surface area contributed by atoms with Crippen LogP contribution in [0.5, 0.6) is 11.5 Å². The molecule has 3 heterocycles. The number of aromatic nitrogens is 2. The maximum atomic E-state index is 12.2. The molecule has 56 heavy (non-hydrogen) atoms. The van der Waals surface area contributed by atoms with Crippen LogP contribution >= 0.6 is 11.3 Å². The zero-order chi connectivity index (χ0) is 41.8. The number of allylic oxidation sites excluding steroid dienone is 1. The molecule has 0 saturated carbocycles. The number of ketones is 1.